The summed E-state index contributed by atoms with van der Waals surface area (Å²) in [6.45, 7) is 0.119. The van der Waals surface area contributed by atoms with Gasteiger partial charge in [-0.1, -0.05) is 36.4 Å². The highest BCUT2D eigenvalue weighted by molar-refractivity contribution is 5.61. The Hall–Kier alpha value is -2.34. The van der Waals surface area contributed by atoms with Gasteiger partial charge in [0, 0.05) is 12.2 Å². The lowest BCUT2D eigenvalue weighted by Crippen LogP contribution is -2.31. The molecule has 2 N–H and O–H groups in total. The van der Waals surface area contributed by atoms with Gasteiger partial charge in [-0.15, -0.1) is 0 Å². The van der Waals surface area contributed by atoms with Crippen molar-refractivity contribution in [3.63, 3.8) is 0 Å². The molecule has 5 heteroatoms. The van der Waals surface area contributed by atoms with Gasteiger partial charge >= 0.3 is 0 Å². The maximum atomic E-state index is 9.11. The molecular formula is C20H20O5. The summed E-state index contributed by atoms with van der Waals surface area (Å²) in [6.07, 6.45) is 3.87. The second kappa shape index (κ2) is 6.88. The topological polar surface area (TPSA) is 68.2 Å². The van der Waals surface area contributed by atoms with Crippen LogP contribution in [0, 0.1) is 0 Å². The highest BCUT2D eigenvalue weighted by Crippen LogP contribution is 2.49. The molecule has 0 radical (unpaired) electrons. The van der Waals surface area contributed by atoms with Gasteiger partial charge in [0.15, 0.2) is 0 Å². The molecule has 2 aromatic carbocycles. The number of para-hydroxylation sites is 2. The molecule has 0 aliphatic carbocycles. The van der Waals surface area contributed by atoms with Crippen LogP contribution in [0.15, 0.2) is 42.5 Å². The van der Waals surface area contributed by atoms with Gasteiger partial charge in [0.1, 0.15) is 11.5 Å². The number of fused-ring (bicyclic) bond motifs is 6. The van der Waals surface area contributed by atoms with Gasteiger partial charge in [-0.2, -0.15) is 0 Å². The number of aliphatic hydroxyl groups is 2. The van der Waals surface area contributed by atoms with Crippen molar-refractivity contribution in [2.24, 2.45) is 0 Å². The average molecular weight is 340 g/mol. The first kappa shape index (κ1) is 16.1. The highest BCUT2D eigenvalue weighted by Gasteiger charge is 2.39. The van der Waals surface area contributed by atoms with E-state index >= 15 is 0 Å². The van der Waals surface area contributed by atoms with E-state index in [1.54, 1.807) is 6.08 Å². The Morgan fingerprint density at radius 1 is 0.920 bits per heavy atom. The highest BCUT2D eigenvalue weighted by atomic mass is 16.8. The van der Waals surface area contributed by atoms with Crippen LogP contribution in [0.2, 0.25) is 0 Å². The number of rotatable bonds is 5. The van der Waals surface area contributed by atoms with Crippen LogP contribution in [0.3, 0.4) is 0 Å². The Bertz CT molecular complexity index is 799. The van der Waals surface area contributed by atoms with Crippen LogP contribution < -0.4 is 9.47 Å². The van der Waals surface area contributed by atoms with Gasteiger partial charge in [0.2, 0.25) is 12.6 Å². The number of ether oxygens (including phenoxy) is 3. The molecule has 4 rings (SSSR count). The number of hydrogen-bond acceptors (Lipinski definition) is 5. The van der Waals surface area contributed by atoms with Gasteiger partial charge in [-0.25, -0.2) is 0 Å². The predicted molar refractivity (Wildman–Crippen MR) is 92.2 cm³/mol. The van der Waals surface area contributed by atoms with E-state index in [2.05, 4.69) is 0 Å². The number of benzene rings is 2. The molecule has 0 fully saturated rings. The van der Waals surface area contributed by atoms with Gasteiger partial charge in [0.25, 0.3) is 0 Å². The summed E-state index contributed by atoms with van der Waals surface area (Å²) in [5.41, 5.74) is 3.62. The van der Waals surface area contributed by atoms with Crippen LogP contribution in [0.4, 0.5) is 0 Å². The first-order chi connectivity index (χ1) is 12.3. The zero-order chi connectivity index (χ0) is 17.2. The maximum Gasteiger partial charge on any atom is 0.233 e. The zero-order valence-electron chi connectivity index (χ0n) is 13.7. The monoisotopic (exact) mass is 340 g/mol. The Morgan fingerprint density at radius 3 is 2.40 bits per heavy atom. The number of hydrogen-bond donors (Lipinski definition) is 2. The van der Waals surface area contributed by atoms with E-state index in [-0.39, 0.29) is 13.2 Å². The van der Waals surface area contributed by atoms with Crippen molar-refractivity contribution in [3.05, 3.63) is 64.7 Å². The molecule has 130 valence electrons. The normalized spacial score (nSPS) is 20.6. The van der Waals surface area contributed by atoms with Gasteiger partial charge in [-0.05, 0) is 30.5 Å². The molecule has 2 aliphatic rings. The van der Waals surface area contributed by atoms with E-state index in [9.17, 15) is 0 Å². The molecule has 0 aromatic heterocycles. The molecule has 2 atom stereocenters. The van der Waals surface area contributed by atoms with E-state index in [4.69, 9.17) is 24.4 Å². The van der Waals surface area contributed by atoms with Crippen molar-refractivity contribution in [3.8, 4) is 11.5 Å². The van der Waals surface area contributed by atoms with Crippen LogP contribution in [0.1, 0.15) is 41.3 Å². The molecular weight excluding hydrogens is 320 g/mol. The fourth-order valence-electron chi connectivity index (χ4n) is 3.26. The summed E-state index contributed by atoms with van der Waals surface area (Å²) in [5, 5.41) is 18.1. The molecule has 2 bridgehead atoms. The summed E-state index contributed by atoms with van der Waals surface area (Å²) >= 11 is 0. The lowest BCUT2D eigenvalue weighted by Gasteiger charge is -2.39. The Morgan fingerprint density at radius 2 is 1.64 bits per heavy atom. The fraction of sp³-hybridized carbons (Fsp3) is 0.300. The van der Waals surface area contributed by atoms with Crippen LogP contribution in [0.5, 0.6) is 11.5 Å². The minimum absolute atomic E-state index is 0.0272. The predicted octanol–water partition coefficient (Wildman–Crippen LogP) is 3.12. The zero-order valence-corrected chi connectivity index (χ0v) is 13.7. The first-order valence-electron chi connectivity index (χ1n) is 8.43. The SMILES string of the molecule is OC/C=C\c1cccc2c1OC1OC2Oc2c(CCCO)cccc21. The van der Waals surface area contributed by atoms with Crippen molar-refractivity contribution >= 4 is 6.08 Å². The minimum Gasteiger partial charge on any atom is -0.459 e. The lowest BCUT2D eigenvalue weighted by atomic mass is 10.0. The van der Waals surface area contributed by atoms with Crippen molar-refractivity contribution in [1.29, 1.82) is 0 Å². The largest absolute Gasteiger partial charge is 0.459 e. The summed E-state index contributed by atoms with van der Waals surface area (Å²) in [5.74, 6) is 1.51. The third-order valence-corrected chi connectivity index (χ3v) is 4.41. The van der Waals surface area contributed by atoms with Crippen LogP contribution in [-0.2, 0) is 11.2 Å². The Balaban J connectivity index is 1.73. The lowest BCUT2D eigenvalue weighted by molar-refractivity contribution is -0.227. The summed E-state index contributed by atoms with van der Waals surface area (Å²) in [4.78, 5) is 0. The Kier molecular flexibility index (Phi) is 4.44. The van der Waals surface area contributed by atoms with Crippen LogP contribution in [-0.4, -0.2) is 23.4 Å². The fourth-order valence-corrected chi connectivity index (χ4v) is 3.26. The molecule has 0 spiro atoms. The van der Waals surface area contributed by atoms with Crippen molar-refractivity contribution in [2.75, 3.05) is 13.2 Å². The standard InChI is InChI=1S/C20H20O5/c21-11-3-7-13-5-1-9-15-17(13)23-20-16-10-2-6-14(8-4-12-22)18(16)24-19(15)25-20/h1-3,5-7,9-10,19-22H,4,8,11-12H2/b7-3-. The smallest absolute Gasteiger partial charge is 0.233 e. The first-order valence-corrected chi connectivity index (χ1v) is 8.43. The van der Waals surface area contributed by atoms with Gasteiger partial charge < -0.3 is 19.7 Å². The molecule has 5 nitrogen and oxygen atoms in total. The molecule has 0 saturated heterocycles. The quantitative estimate of drug-likeness (QED) is 0.875. The molecule has 0 amide bonds. The van der Waals surface area contributed by atoms with Crippen LogP contribution in [0.25, 0.3) is 6.08 Å². The van der Waals surface area contributed by atoms with E-state index in [0.29, 0.717) is 6.42 Å². The van der Waals surface area contributed by atoms with Gasteiger partial charge in [-0.3, -0.25) is 4.74 Å². The van der Waals surface area contributed by atoms with Gasteiger partial charge in [0.05, 0.1) is 17.7 Å². The van der Waals surface area contributed by atoms with Crippen molar-refractivity contribution < 1.29 is 24.4 Å². The third kappa shape index (κ3) is 2.91. The summed E-state index contributed by atoms with van der Waals surface area (Å²) in [6, 6.07) is 11.7. The van der Waals surface area contributed by atoms with Crippen LogP contribution >= 0.6 is 0 Å². The summed E-state index contributed by atoms with van der Waals surface area (Å²) in [7, 11) is 0. The van der Waals surface area contributed by atoms with E-state index in [1.165, 1.54) is 0 Å². The van der Waals surface area contributed by atoms with Crippen molar-refractivity contribution in [2.45, 2.75) is 25.4 Å². The molecule has 0 saturated carbocycles. The van der Waals surface area contributed by atoms with E-state index in [0.717, 1.165) is 40.2 Å². The minimum atomic E-state index is -0.529. The maximum absolute atomic E-state index is 9.11. The second-order valence-corrected chi connectivity index (χ2v) is 6.05. The molecule has 25 heavy (non-hydrogen) atoms. The number of aryl methyl sites for hydroxylation is 1. The number of aliphatic hydroxyl groups excluding tert-OH is 2. The second-order valence-electron chi connectivity index (χ2n) is 6.05. The van der Waals surface area contributed by atoms with E-state index in [1.807, 2.05) is 42.5 Å². The third-order valence-electron chi connectivity index (χ3n) is 4.41. The molecule has 2 aliphatic heterocycles. The Labute approximate surface area is 146 Å². The average Bonchev–Trinajstić information content (AvgIpc) is 2.65. The summed E-state index contributed by atoms with van der Waals surface area (Å²) < 4.78 is 18.2. The molecule has 2 heterocycles. The van der Waals surface area contributed by atoms with E-state index < -0.39 is 12.6 Å². The molecule has 2 unspecified atom stereocenters. The van der Waals surface area contributed by atoms with Crippen molar-refractivity contribution in [1.82, 2.24) is 0 Å². The molecule has 2 aromatic rings.